The van der Waals surface area contributed by atoms with Crippen LogP contribution < -0.4 is 5.26 Å². The molecule has 4 nitrogen and oxygen atoms in total. The molecule has 0 amide bonds. The Bertz CT molecular complexity index is 707. The van der Waals surface area contributed by atoms with Crippen LogP contribution in [-0.2, 0) is 19.3 Å². The zero-order valence-corrected chi connectivity index (χ0v) is 16.0. The van der Waals surface area contributed by atoms with Crippen molar-refractivity contribution in [2.24, 2.45) is 17.3 Å². The highest BCUT2D eigenvalue weighted by Gasteiger charge is 2.59. The van der Waals surface area contributed by atoms with Crippen molar-refractivity contribution in [1.29, 1.82) is 0 Å². The summed E-state index contributed by atoms with van der Waals surface area (Å²) in [5.41, 5.74) is 2.34. The monoisotopic (exact) mass is 397 g/mol. The highest BCUT2D eigenvalue weighted by atomic mass is 32.2. The van der Waals surface area contributed by atoms with Crippen molar-refractivity contribution in [2.75, 3.05) is 6.61 Å². The maximum absolute atomic E-state index is 13.5. The second-order valence-electron chi connectivity index (χ2n) is 8.85. The van der Waals surface area contributed by atoms with E-state index in [-0.39, 0.29) is 17.4 Å². The standard InChI is InChI=1S/C20H24F2O4S/c1-13-2-4-16(5-3-13)19-9-14-6-15(10-19)8-18(7-14,11-19)12-25-17(23)20(21,22)27-26-24/h2-5,14-15,24H,6-12H2,1H3/p-1. The van der Waals surface area contributed by atoms with Gasteiger partial charge < -0.3 is 14.3 Å². The minimum atomic E-state index is -3.97. The van der Waals surface area contributed by atoms with Gasteiger partial charge in [-0.15, -0.1) is 0 Å². The molecule has 2 atom stereocenters. The van der Waals surface area contributed by atoms with E-state index < -0.39 is 23.3 Å². The number of carbonyl (C=O) groups excluding carboxylic acids is 1. The highest BCUT2D eigenvalue weighted by molar-refractivity contribution is 7.96. The molecule has 0 aliphatic heterocycles. The van der Waals surface area contributed by atoms with Crippen LogP contribution in [0.15, 0.2) is 24.3 Å². The number of hydrogen-bond donors (Lipinski definition) is 0. The Morgan fingerprint density at radius 3 is 2.44 bits per heavy atom. The molecule has 4 fully saturated rings. The van der Waals surface area contributed by atoms with Gasteiger partial charge in [-0.25, -0.2) is 4.79 Å². The summed E-state index contributed by atoms with van der Waals surface area (Å²) in [5.74, 6) is -0.597. The minimum Gasteiger partial charge on any atom is -0.710 e. The van der Waals surface area contributed by atoms with Gasteiger partial charge in [0.25, 0.3) is 0 Å². The van der Waals surface area contributed by atoms with Crippen LogP contribution in [-0.4, -0.2) is 17.8 Å². The molecule has 148 valence electrons. The molecule has 1 aromatic carbocycles. The third-order valence-electron chi connectivity index (χ3n) is 6.73. The van der Waals surface area contributed by atoms with E-state index in [9.17, 15) is 18.8 Å². The van der Waals surface area contributed by atoms with Crippen molar-refractivity contribution in [3.63, 3.8) is 0 Å². The molecule has 27 heavy (non-hydrogen) atoms. The summed E-state index contributed by atoms with van der Waals surface area (Å²) < 4.78 is 35.2. The van der Waals surface area contributed by atoms with Gasteiger partial charge in [-0.3, -0.25) is 0 Å². The summed E-state index contributed by atoms with van der Waals surface area (Å²) in [6.45, 7) is 2.05. The molecule has 4 aliphatic carbocycles. The Morgan fingerprint density at radius 1 is 1.22 bits per heavy atom. The van der Waals surface area contributed by atoms with Crippen LogP contribution in [0.25, 0.3) is 0 Å². The minimum absolute atomic E-state index is 0.0124. The van der Waals surface area contributed by atoms with E-state index in [2.05, 4.69) is 35.5 Å². The fraction of sp³-hybridized carbons (Fsp3) is 0.650. The molecule has 4 aliphatic rings. The van der Waals surface area contributed by atoms with Gasteiger partial charge in [-0.2, -0.15) is 8.78 Å². The Hall–Kier alpha value is -1.18. The first-order chi connectivity index (χ1) is 12.8. The number of carbonyl (C=O) groups is 1. The van der Waals surface area contributed by atoms with E-state index in [0.29, 0.717) is 11.8 Å². The van der Waals surface area contributed by atoms with Gasteiger partial charge in [0.1, 0.15) is 0 Å². The Morgan fingerprint density at radius 2 is 1.85 bits per heavy atom. The zero-order valence-electron chi connectivity index (χ0n) is 15.2. The third kappa shape index (κ3) is 3.49. The number of benzene rings is 1. The first-order valence-corrected chi connectivity index (χ1v) is 10.1. The molecular weight excluding hydrogens is 374 g/mol. The van der Waals surface area contributed by atoms with Crippen molar-refractivity contribution in [2.45, 2.75) is 56.1 Å². The van der Waals surface area contributed by atoms with Crippen LogP contribution in [0.4, 0.5) is 8.78 Å². The van der Waals surface area contributed by atoms with Crippen LogP contribution in [0.1, 0.15) is 49.7 Å². The maximum Gasteiger partial charge on any atom is 0.412 e. The largest absolute Gasteiger partial charge is 0.710 e. The van der Waals surface area contributed by atoms with Crippen LogP contribution >= 0.6 is 12.0 Å². The Labute approximate surface area is 161 Å². The second kappa shape index (κ2) is 6.71. The molecular formula is C20H23F2O4S-. The fourth-order valence-electron chi connectivity index (χ4n) is 6.25. The summed E-state index contributed by atoms with van der Waals surface area (Å²) in [5, 5.41) is 6.00. The average molecular weight is 397 g/mol. The Kier molecular flexibility index (Phi) is 4.76. The quantitative estimate of drug-likeness (QED) is 0.315. The molecule has 5 rings (SSSR count). The number of alkyl halides is 2. The van der Waals surface area contributed by atoms with Gasteiger partial charge >= 0.3 is 11.2 Å². The molecule has 7 heteroatoms. The molecule has 0 aromatic heterocycles. The van der Waals surface area contributed by atoms with Gasteiger partial charge in [0.05, 0.1) is 18.6 Å². The highest BCUT2D eigenvalue weighted by Crippen LogP contribution is 2.65. The number of hydrogen-bond acceptors (Lipinski definition) is 5. The van der Waals surface area contributed by atoms with E-state index in [1.165, 1.54) is 17.5 Å². The smallest absolute Gasteiger partial charge is 0.412 e. The lowest BCUT2D eigenvalue weighted by Gasteiger charge is -2.62. The van der Waals surface area contributed by atoms with Gasteiger partial charge in [-0.05, 0) is 68.3 Å². The summed E-state index contributed by atoms with van der Waals surface area (Å²) in [7, 11) is 0. The van der Waals surface area contributed by atoms with E-state index in [1.807, 2.05) is 0 Å². The molecule has 0 N–H and O–H groups in total. The first kappa shape index (κ1) is 19.2. The van der Waals surface area contributed by atoms with Crippen LogP contribution in [0, 0.1) is 24.2 Å². The number of esters is 1. The number of ether oxygens (including phenoxy) is 1. The summed E-state index contributed by atoms with van der Waals surface area (Å²) in [6.07, 6.45) is 6.12. The predicted molar refractivity (Wildman–Crippen MR) is 94.6 cm³/mol. The predicted octanol–water partition coefficient (Wildman–Crippen LogP) is 3.91. The lowest BCUT2D eigenvalue weighted by Crippen LogP contribution is -2.55. The van der Waals surface area contributed by atoms with Crippen molar-refractivity contribution in [3.05, 3.63) is 35.4 Å². The number of rotatable bonds is 6. The van der Waals surface area contributed by atoms with Gasteiger partial charge in [0.15, 0.2) is 0 Å². The molecule has 0 spiro atoms. The van der Waals surface area contributed by atoms with Crippen LogP contribution in [0.2, 0.25) is 0 Å². The SMILES string of the molecule is Cc1ccc(C23CC4CC(CC(COC(=O)C(F)(F)SO[O-])(C4)C2)C3)cc1. The topological polar surface area (TPSA) is 58.6 Å². The summed E-state index contributed by atoms with van der Waals surface area (Å²) >= 11 is -0.707. The molecule has 0 saturated heterocycles. The molecule has 0 radical (unpaired) electrons. The van der Waals surface area contributed by atoms with Crippen molar-refractivity contribution in [3.8, 4) is 0 Å². The number of halogens is 2. The van der Waals surface area contributed by atoms with Crippen molar-refractivity contribution < 1.29 is 27.9 Å². The Balaban J connectivity index is 1.53. The van der Waals surface area contributed by atoms with Gasteiger partial charge in [0.2, 0.25) is 0 Å². The first-order valence-electron chi connectivity index (χ1n) is 9.36. The van der Waals surface area contributed by atoms with Gasteiger partial charge in [0, 0.05) is 5.41 Å². The summed E-state index contributed by atoms with van der Waals surface area (Å²) in [6, 6.07) is 8.64. The molecule has 4 bridgehead atoms. The maximum atomic E-state index is 13.5. The van der Waals surface area contributed by atoms with Crippen LogP contribution in [0.3, 0.4) is 0 Å². The van der Waals surface area contributed by atoms with Crippen LogP contribution in [0.5, 0.6) is 0 Å². The van der Waals surface area contributed by atoms with E-state index in [0.717, 1.165) is 32.1 Å². The van der Waals surface area contributed by atoms with Crippen molar-refractivity contribution >= 4 is 18.0 Å². The van der Waals surface area contributed by atoms with Gasteiger partial charge in [-0.1, -0.05) is 29.8 Å². The van der Waals surface area contributed by atoms with Crippen molar-refractivity contribution in [1.82, 2.24) is 0 Å². The molecule has 2 unspecified atom stereocenters. The lowest BCUT2D eigenvalue weighted by atomic mass is 9.43. The summed E-state index contributed by atoms with van der Waals surface area (Å²) in [4.78, 5) is 11.7. The third-order valence-corrected chi connectivity index (χ3v) is 7.18. The van der Waals surface area contributed by atoms with E-state index in [1.54, 1.807) is 0 Å². The normalized spacial score (nSPS) is 34.7. The molecule has 4 saturated carbocycles. The molecule has 0 heterocycles. The molecule has 1 aromatic rings. The fourth-order valence-corrected chi connectivity index (χ4v) is 6.46. The number of aryl methyl sites for hydroxylation is 1. The van der Waals surface area contributed by atoms with E-state index >= 15 is 0 Å². The lowest BCUT2D eigenvalue weighted by molar-refractivity contribution is -0.630. The second-order valence-corrected chi connectivity index (χ2v) is 9.67. The zero-order chi connectivity index (χ0) is 19.3. The van der Waals surface area contributed by atoms with E-state index in [4.69, 9.17) is 4.74 Å². The average Bonchev–Trinajstić information content (AvgIpc) is 2.59.